The molecule has 5 nitrogen and oxygen atoms in total. The Balaban J connectivity index is 2.93. The predicted octanol–water partition coefficient (Wildman–Crippen LogP) is 0.737. The Morgan fingerprint density at radius 2 is 2.00 bits per heavy atom. The van der Waals surface area contributed by atoms with Crippen molar-refractivity contribution in [2.45, 2.75) is 26.7 Å². The van der Waals surface area contributed by atoms with E-state index in [0.29, 0.717) is 0 Å². The van der Waals surface area contributed by atoms with Gasteiger partial charge in [-0.1, -0.05) is 6.92 Å². The molecule has 90 valence electrons. The first-order valence-electron chi connectivity index (χ1n) is 5.56. The Bertz CT molecular complexity index is 323. The van der Waals surface area contributed by atoms with Gasteiger partial charge in [0, 0.05) is 24.2 Å². The predicted molar refractivity (Wildman–Crippen MR) is 66.2 cm³/mol. The molecular formula is C11H21N5. The highest BCUT2D eigenvalue weighted by Crippen LogP contribution is 2.15. The van der Waals surface area contributed by atoms with E-state index in [4.69, 9.17) is 5.84 Å². The van der Waals surface area contributed by atoms with Gasteiger partial charge in [0.1, 0.15) is 11.6 Å². The van der Waals surface area contributed by atoms with Gasteiger partial charge < -0.3 is 10.3 Å². The molecule has 1 aromatic heterocycles. The van der Waals surface area contributed by atoms with Crippen molar-refractivity contribution in [1.29, 1.82) is 0 Å². The van der Waals surface area contributed by atoms with Crippen LogP contribution in [0.4, 0.5) is 5.82 Å². The Kier molecular flexibility index (Phi) is 4.64. The van der Waals surface area contributed by atoms with Crippen molar-refractivity contribution in [3.8, 4) is 0 Å². The third-order valence-electron chi connectivity index (χ3n) is 2.55. The van der Waals surface area contributed by atoms with Crippen molar-refractivity contribution >= 4 is 5.82 Å². The summed E-state index contributed by atoms with van der Waals surface area (Å²) in [6.45, 7) is 5.02. The first-order chi connectivity index (χ1) is 7.58. The van der Waals surface area contributed by atoms with Gasteiger partial charge >= 0.3 is 0 Å². The molecule has 0 bridgehead atoms. The molecule has 0 atom stereocenters. The molecule has 3 N–H and O–H groups in total. The van der Waals surface area contributed by atoms with Gasteiger partial charge in [0.05, 0.1) is 0 Å². The Morgan fingerprint density at radius 1 is 1.31 bits per heavy atom. The zero-order chi connectivity index (χ0) is 12.1. The lowest BCUT2D eigenvalue weighted by molar-refractivity contribution is 0.409. The van der Waals surface area contributed by atoms with Gasteiger partial charge in [-0.15, -0.1) is 0 Å². The summed E-state index contributed by atoms with van der Waals surface area (Å²) in [5.41, 5.74) is 4.74. The number of hydrogen-bond acceptors (Lipinski definition) is 5. The molecule has 0 aromatic carbocycles. The molecular weight excluding hydrogens is 202 g/mol. The maximum Gasteiger partial charge on any atom is 0.146 e. The second kappa shape index (κ2) is 5.77. The molecule has 1 heterocycles. The number of aromatic nitrogens is 2. The van der Waals surface area contributed by atoms with E-state index < -0.39 is 0 Å². The van der Waals surface area contributed by atoms with Gasteiger partial charge in [0.15, 0.2) is 0 Å². The zero-order valence-electron chi connectivity index (χ0n) is 10.5. The minimum atomic E-state index is 0.737. The summed E-state index contributed by atoms with van der Waals surface area (Å²) in [6.07, 6.45) is 1.74. The molecule has 0 saturated heterocycles. The van der Waals surface area contributed by atoms with Gasteiger partial charge in [0.2, 0.25) is 0 Å². The number of nitrogens with one attached hydrogen (secondary N) is 1. The van der Waals surface area contributed by atoms with Crippen LogP contribution in [0.3, 0.4) is 0 Å². The minimum Gasteiger partial charge on any atom is -0.309 e. The summed E-state index contributed by atoms with van der Waals surface area (Å²) in [6, 6.07) is 0. The topological polar surface area (TPSA) is 67.1 Å². The second-order valence-corrected chi connectivity index (χ2v) is 4.11. The fourth-order valence-electron chi connectivity index (χ4n) is 1.53. The average Bonchev–Trinajstić information content (AvgIpc) is 2.27. The Hall–Kier alpha value is -1.20. The monoisotopic (exact) mass is 223 g/mol. The molecule has 5 heteroatoms. The summed E-state index contributed by atoms with van der Waals surface area (Å²) in [5, 5.41) is 0. The number of rotatable bonds is 5. The van der Waals surface area contributed by atoms with E-state index in [1.165, 1.54) is 0 Å². The number of nitrogen functional groups attached to an aromatic ring is 1. The summed E-state index contributed by atoms with van der Waals surface area (Å²) >= 11 is 0. The number of aryl methyl sites for hydroxylation is 1. The van der Waals surface area contributed by atoms with Gasteiger partial charge in [-0.25, -0.2) is 15.8 Å². The summed E-state index contributed by atoms with van der Waals surface area (Å²) < 4.78 is 0. The highest BCUT2D eigenvalue weighted by Gasteiger charge is 2.08. The summed E-state index contributed by atoms with van der Waals surface area (Å²) in [4.78, 5) is 11.1. The van der Waals surface area contributed by atoms with Crippen LogP contribution in [0.1, 0.15) is 24.0 Å². The molecule has 0 aliphatic rings. The molecule has 0 saturated carbocycles. The average molecular weight is 223 g/mol. The lowest BCUT2D eigenvalue weighted by Gasteiger charge is -2.12. The lowest BCUT2D eigenvalue weighted by atomic mass is 10.2. The molecule has 0 spiro atoms. The molecule has 1 aromatic rings. The van der Waals surface area contributed by atoms with Crippen molar-refractivity contribution in [2.24, 2.45) is 5.84 Å². The maximum absolute atomic E-state index is 5.45. The van der Waals surface area contributed by atoms with Crippen LogP contribution in [-0.4, -0.2) is 35.5 Å². The van der Waals surface area contributed by atoms with E-state index in [2.05, 4.69) is 27.2 Å². The fourth-order valence-corrected chi connectivity index (χ4v) is 1.53. The molecule has 0 radical (unpaired) electrons. The van der Waals surface area contributed by atoms with Crippen LogP contribution in [0, 0.1) is 6.92 Å². The quantitative estimate of drug-likeness (QED) is 0.569. The first kappa shape index (κ1) is 12.9. The van der Waals surface area contributed by atoms with Crippen molar-refractivity contribution in [3.05, 3.63) is 17.1 Å². The number of nitrogens with zero attached hydrogens (tertiary/aromatic N) is 3. The van der Waals surface area contributed by atoms with E-state index in [9.17, 15) is 0 Å². The fraction of sp³-hybridized carbons (Fsp3) is 0.636. The molecule has 1 rings (SSSR count). The second-order valence-electron chi connectivity index (χ2n) is 4.11. The first-order valence-corrected chi connectivity index (χ1v) is 5.56. The van der Waals surface area contributed by atoms with Crippen molar-refractivity contribution in [2.75, 3.05) is 26.1 Å². The molecule has 0 unspecified atom stereocenters. The highest BCUT2D eigenvalue weighted by atomic mass is 15.3. The third-order valence-corrected chi connectivity index (χ3v) is 2.55. The normalized spacial score (nSPS) is 10.9. The van der Waals surface area contributed by atoms with Gasteiger partial charge in [-0.3, -0.25) is 0 Å². The largest absolute Gasteiger partial charge is 0.309 e. The van der Waals surface area contributed by atoms with E-state index >= 15 is 0 Å². The maximum atomic E-state index is 5.45. The molecule has 0 amide bonds. The van der Waals surface area contributed by atoms with E-state index in [0.717, 1.165) is 42.3 Å². The SMILES string of the molecule is CCc1nc(CCN(C)C)nc(NN)c1C. The number of anilines is 1. The molecule has 16 heavy (non-hydrogen) atoms. The van der Waals surface area contributed by atoms with Crippen LogP contribution in [0.15, 0.2) is 0 Å². The van der Waals surface area contributed by atoms with Crippen LogP contribution >= 0.6 is 0 Å². The number of likely N-dealkylation sites (N-methyl/N-ethyl adjacent to an activating group) is 1. The van der Waals surface area contributed by atoms with E-state index in [1.807, 2.05) is 21.0 Å². The minimum absolute atomic E-state index is 0.737. The number of nitrogens with two attached hydrogens (primary N) is 1. The summed E-state index contributed by atoms with van der Waals surface area (Å²) in [5.74, 6) is 7.04. The smallest absolute Gasteiger partial charge is 0.146 e. The zero-order valence-corrected chi connectivity index (χ0v) is 10.5. The number of hydrazine groups is 1. The molecule has 0 fully saturated rings. The van der Waals surface area contributed by atoms with Crippen LogP contribution < -0.4 is 11.3 Å². The van der Waals surface area contributed by atoms with Crippen LogP contribution in [0.5, 0.6) is 0 Å². The highest BCUT2D eigenvalue weighted by molar-refractivity contribution is 5.44. The van der Waals surface area contributed by atoms with Crippen molar-refractivity contribution in [1.82, 2.24) is 14.9 Å². The molecule has 0 aliphatic carbocycles. The van der Waals surface area contributed by atoms with Crippen LogP contribution in [0.2, 0.25) is 0 Å². The van der Waals surface area contributed by atoms with Gasteiger partial charge in [0.25, 0.3) is 0 Å². The Morgan fingerprint density at radius 3 is 2.50 bits per heavy atom. The molecule has 0 aliphatic heterocycles. The third kappa shape index (κ3) is 3.15. The Labute approximate surface area is 97.0 Å². The van der Waals surface area contributed by atoms with Crippen molar-refractivity contribution < 1.29 is 0 Å². The standard InChI is InChI=1S/C11H21N5/c1-5-9-8(2)11(15-12)14-10(13-9)6-7-16(3)4/h5-7,12H2,1-4H3,(H,13,14,15). The van der Waals surface area contributed by atoms with E-state index in [1.54, 1.807) is 0 Å². The van der Waals surface area contributed by atoms with Crippen molar-refractivity contribution in [3.63, 3.8) is 0 Å². The van der Waals surface area contributed by atoms with Gasteiger partial charge in [-0.05, 0) is 27.4 Å². The van der Waals surface area contributed by atoms with Crippen LogP contribution in [0.25, 0.3) is 0 Å². The summed E-state index contributed by atoms with van der Waals surface area (Å²) in [7, 11) is 4.08. The lowest BCUT2D eigenvalue weighted by Crippen LogP contribution is -2.19. The number of hydrogen-bond donors (Lipinski definition) is 2. The van der Waals surface area contributed by atoms with Gasteiger partial charge in [-0.2, -0.15) is 0 Å². The van der Waals surface area contributed by atoms with Crippen LogP contribution in [-0.2, 0) is 12.8 Å². The van der Waals surface area contributed by atoms with E-state index in [-0.39, 0.29) is 0 Å².